The number of benzene rings is 2. The van der Waals surface area contributed by atoms with Crippen LogP contribution in [0.5, 0.6) is 0 Å². The highest BCUT2D eigenvalue weighted by molar-refractivity contribution is 9.10. The van der Waals surface area contributed by atoms with Crippen LogP contribution in [0, 0.1) is 0 Å². The first-order chi connectivity index (χ1) is 7.84. The van der Waals surface area contributed by atoms with Crippen LogP contribution in [0.25, 0.3) is 0 Å². The molecule has 1 aliphatic rings. The molecular weight excluding hydrogens is 264 g/mol. The summed E-state index contributed by atoms with van der Waals surface area (Å²) in [5, 5.41) is 0. The van der Waals surface area contributed by atoms with Crippen LogP contribution in [-0.4, -0.2) is 0 Å². The highest BCUT2D eigenvalue weighted by Gasteiger charge is 2.41. The van der Waals surface area contributed by atoms with E-state index in [0.717, 1.165) is 4.47 Å². The number of rotatable bonds is 2. The third-order valence-electron chi connectivity index (χ3n) is 2.80. The van der Waals surface area contributed by atoms with Crippen molar-refractivity contribution in [2.75, 3.05) is 0 Å². The van der Waals surface area contributed by atoms with Gasteiger partial charge in [0.25, 0.3) is 0 Å². The van der Waals surface area contributed by atoms with Crippen LogP contribution >= 0.6 is 15.9 Å². The van der Waals surface area contributed by atoms with Crippen LogP contribution in [0.2, 0.25) is 0 Å². The van der Waals surface area contributed by atoms with Gasteiger partial charge in [-0.25, -0.2) is 0 Å². The van der Waals surface area contributed by atoms with Crippen molar-refractivity contribution in [3.05, 3.63) is 70.2 Å². The van der Waals surface area contributed by atoms with Crippen molar-refractivity contribution in [3.8, 4) is 0 Å². The first kappa shape index (κ1) is 10.1. The molecule has 16 heavy (non-hydrogen) atoms. The van der Waals surface area contributed by atoms with Crippen molar-refractivity contribution in [2.24, 2.45) is 0 Å². The molecule has 1 nitrogen and oxygen atoms in total. The zero-order chi connectivity index (χ0) is 11.0. The topological polar surface area (TPSA) is 12.5 Å². The first-order valence-corrected chi connectivity index (χ1v) is 6.10. The highest BCUT2D eigenvalue weighted by Crippen LogP contribution is 2.50. The third-order valence-corrected chi connectivity index (χ3v) is 3.29. The Bertz CT molecular complexity index is 495. The molecule has 1 saturated heterocycles. The number of halogens is 1. The first-order valence-electron chi connectivity index (χ1n) is 5.30. The van der Waals surface area contributed by atoms with Gasteiger partial charge in [-0.3, -0.25) is 0 Å². The van der Waals surface area contributed by atoms with Gasteiger partial charge in [0.2, 0.25) is 0 Å². The van der Waals surface area contributed by atoms with Crippen LogP contribution in [-0.2, 0) is 4.74 Å². The molecule has 0 saturated carbocycles. The molecule has 0 aromatic heterocycles. The standard InChI is InChI=1S/C14H11BrO/c15-12-8-4-7-11(9-12)14-13(16-14)10-5-2-1-3-6-10/h1-9,13-14H/t13-,14-/m0/s1. The smallest absolute Gasteiger partial charge is 0.114 e. The molecule has 2 heteroatoms. The Balaban J connectivity index is 1.82. The molecule has 1 aliphatic heterocycles. The van der Waals surface area contributed by atoms with Crippen molar-refractivity contribution in [1.29, 1.82) is 0 Å². The van der Waals surface area contributed by atoms with Crippen LogP contribution < -0.4 is 0 Å². The number of ether oxygens (including phenoxy) is 1. The molecule has 0 bridgehead atoms. The summed E-state index contributed by atoms with van der Waals surface area (Å²) >= 11 is 3.48. The lowest BCUT2D eigenvalue weighted by atomic mass is 10.0. The molecule has 1 heterocycles. The minimum absolute atomic E-state index is 0.222. The molecule has 0 radical (unpaired) electrons. The summed E-state index contributed by atoms with van der Waals surface area (Å²) < 4.78 is 6.83. The lowest BCUT2D eigenvalue weighted by Gasteiger charge is -1.97. The summed E-state index contributed by atoms with van der Waals surface area (Å²) in [6, 6.07) is 18.7. The van der Waals surface area contributed by atoms with Gasteiger partial charge in [-0.1, -0.05) is 58.4 Å². The van der Waals surface area contributed by atoms with Crippen molar-refractivity contribution < 1.29 is 4.74 Å². The van der Waals surface area contributed by atoms with Gasteiger partial charge in [-0.15, -0.1) is 0 Å². The maximum atomic E-state index is 5.72. The molecule has 1 fully saturated rings. The molecule has 80 valence electrons. The average molecular weight is 275 g/mol. The Morgan fingerprint density at radius 1 is 0.812 bits per heavy atom. The minimum Gasteiger partial charge on any atom is -0.359 e. The van der Waals surface area contributed by atoms with Crippen molar-refractivity contribution in [1.82, 2.24) is 0 Å². The fourth-order valence-electron chi connectivity index (χ4n) is 1.95. The molecule has 3 rings (SSSR count). The molecule has 0 N–H and O–H groups in total. The van der Waals surface area contributed by atoms with E-state index in [1.165, 1.54) is 11.1 Å². The lowest BCUT2D eigenvalue weighted by molar-refractivity contribution is 0.377. The zero-order valence-electron chi connectivity index (χ0n) is 8.64. The molecule has 2 aromatic rings. The van der Waals surface area contributed by atoms with Gasteiger partial charge in [0.15, 0.2) is 0 Å². The maximum Gasteiger partial charge on any atom is 0.114 e. The summed E-state index contributed by atoms with van der Waals surface area (Å²) in [5.41, 5.74) is 2.50. The van der Waals surface area contributed by atoms with E-state index in [2.05, 4.69) is 52.3 Å². The quantitative estimate of drug-likeness (QED) is 0.746. The fraction of sp³-hybridized carbons (Fsp3) is 0.143. The molecule has 0 amide bonds. The average Bonchev–Trinajstić information content (AvgIpc) is 3.10. The normalized spacial score (nSPS) is 23.1. The van der Waals surface area contributed by atoms with Gasteiger partial charge in [0, 0.05) is 4.47 Å². The van der Waals surface area contributed by atoms with Crippen LogP contribution in [0.3, 0.4) is 0 Å². The van der Waals surface area contributed by atoms with Gasteiger partial charge >= 0.3 is 0 Å². The number of hydrogen-bond acceptors (Lipinski definition) is 1. The Kier molecular flexibility index (Phi) is 2.54. The summed E-state index contributed by atoms with van der Waals surface area (Å²) in [4.78, 5) is 0. The second-order valence-corrected chi connectivity index (χ2v) is 4.86. The van der Waals surface area contributed by atoms with E-state index >= 15 is 0 Å². The Morgan fingerprint density at radius 3 is 2.25 bits per heavy atom. The SMILES string of the molecule is Brc1cccc([C@@H]2O[C@H]2c2ccccc2)c1. The van der Waals surface area contributed by atoms with Gasteiger partial charge in [0.1, 0.15) is 12.2 Å². The number of epoxide rings is 1. The molecule has 0 aliphatic carbocycles. The molecule has 2 atom stereocenters. The second-order valence-electron chi connectivity index (χ2n) is 3.94. The van der Waals surface area contributed by atoms with E-state index in [-0.39, 0.29) is 12.2 Å². The Hall–Kier alpha value is -1.12. The Labute approximate surface area is 103 Å². The number of hydrogen-bond donors (Lipinski definition) is 0. The van der Waals surface area contributed by atoms with Gasteiger partial charge in [0.05, 0.1) is 0 Å². The third kappa shape index (κ3) is 1.91. The molecule has 0 unspecified atom stereocenters. The fourth-order valence-corrected chi connectivity index (χ4v) is 2.36. The summed E-state index contributed by atoms with van der Waals surface area (Å²) in [6.07, 6.45) is 0.454. The zero-order valence-corrected chi connectivity index (χ0v) is 10.2. The minimum atomic E-state index is 0.222. The summed E-state index contributed by atoms with van der Waals surface area (Å²) in [7, 11) is 0. The van der Waals surface area contributed by atoms with E-state index in [1.807, 2.05) is 18.2 Å². The van der Waals surface area contributed by atoms with E-state index < -0.39 is 0 Å². The Morgan fingerprint density at radius 2 is 1.50 bits per heavy atom. The van der Waals surface area contributed by atoms with E-state index in [4.69, 9.17) is 4.74 Å². The van der Waals surface area contributed by atoms with E-state index in [9.17, 15) is 0 Å². The van der Waals surface area contributed by atoms with Gasteiger partial charge < -0.3 is 4.74 Å². The predicted octanol–water partition coefficient (Wildman–Crippen LogP) is 4.26. The van der Waals surface area contributed by atoms with Gasteiger partial charge in [-0.05, 0) is 23.3 Å². The van der Waals surface area contributed by atoms with E-state index in [1.54, 1.807) is 0 Å². The van der Waals surface area contributed by atoms with Crippen LogP contribution in [0.15, 0.2) is 59.1 Å². The summed E-state index contributed by atoms with van der Waals surface area (Å²) in [5.74, 6) is 0. The maximum absolute atomic E-state index is 5.72. The van der Waals surface area contributed by atoms with Gasteiger partial charge in [-0.2, -0.15) is 0 Å². The highest BCUT2D eigenvalue weighted by atomic mass is 79.9. The van der Waals surface area contributed by atoms with Crippen molar-refractivity contribution >= 4 is 15.9 Å². The second kappa shape index (κ2) is 4.04. The lowest BCUT2D eigenvalue weighted by Crippen LogP contribution is -1.83. The molecule has 0 spiro atoms. The molecule has 2 aromatic carbocycles. The molecular formula is C14H11BrO. The monoisotopic (exact) mass is 274 g/mol. The van der Waals surface area contributed by atoms with Crippen molar-refractivity contribution in [3.63, 3.8) is 0 Å². The predicted molar refractivity (Wildman–Crippen MR) is 67.2 cm³/mol. The van der Waals surface area contributed by atoms with E-state index in [0.29, 0.717) is 0 Å². The van der Waals surface area contributed by atoms with Crippen LogP contribution in [0.4, 0.5) is 0 Å². The van der Waals surface area contributed by atoms with Crippen molar-refractivity contribution in [2.45, 2.75) is 12.2 Å². The summed E-state index contributed by atoms with van der Waals surface area (Å²) in [6.45, 7) is 0. The largest absolute Gasteiger partial charge is 0.359 e. The van der Waals surface area contributed by atoms with Crippen LogP contribution in [0.1, 0.15) is 23.3 Å².